The maximum atomic E-state index is 11.3. The Bertz CT molecular complexity index is 518. The van der Waals surface area contributed by atoms with Crippen molar-refractivity contribution in [2.45, 2.75) is 19.8 Å². The fourth-order valence-electron chi connectivity index (χ4n) is 2.04. The van der Waals surface area contributed by atoms with Crippen LogP contribution >= 0.6 is 0 Å². The van der Waals surface area contributed by atoms with Crippen LogP contribution in [0.3, 0.4) is 0 Å². The van der Waals surface area contributed by atoms with E-state index in [1.807, 2.05) is 24.3 Å². The summed E-state index contributed by atoms with van der Waals surface area (Å²) in [4.78, 5) is 11.3. The van der Waals surface area contributed by atoms with Crippen molar-refractivity contribution < 1.29 is 4.79 Å². The third-order valence-corrected chi connectivity index (χ3v) is 2.98. The fraction of sp³-hybridized carbons (Fsp3) is 0.188. The lowest BCUT2D eigenvalue weighted by Crippen LogP contribution is -1.93. The van der Waals surface area contributed by atoms with Gasteiger partial charge in [0.05, 0.1) is 0 Å². The third kappa shape index (κ3) is 2.62. The molecule has 86 valence electrons. The van der Waals surface area contributed by atoms with Gasteiger partial charge < -0.3 is 0 Å². The number of hydrogen-bond donors (Lipinski definition) is 0. The van der Waals surface area contributed by atoms with Gasteiger partial charge in [0.1, 0.15) is 0 Å². The molecule has 1 aliphatic rings. The van der Waals surface area contributed by atoms with Crippen molar-refractivity contribution in [2.75, 3.05) is 0 Å². The highest BCUT2D eigenvalue weighted by atomic mass is 16.1. The summed E-state index contributed by atoms with van der Waals surface area (Å²) >= 11 is 0. The summed E-state index contributed by atoms with van der Waals surface area (Å²) in [5.41, 5.74) is 4.58. The SMILES string of the molecule is C=CCC1=CC=C(c2cccc(C(C)=O)c2)C1. The standard InChI is InChI=1S/C16H16O/c1-3-5-13-8-9-16(10-13)15-7-4-6-14(11-15)12(2)17/h3-4,6-9,11H,1,5,10H2,2H3. The summed E-state index contributed by atoms with van der Waals surface area (Å²) in [5.74, 6) is 0.115. The fourth-order valence-corrected chi connectivity index (χ4v) is 2.04. The van der Waals surface area contributed by atoms with Gasteiger partial charge in [0.15, 0.2) is 5.78 Å². The summed E-state index contributed by atoms with van der Waals surface area (Å²) in [7, 11) is 0. The van der Waals surface area contributed by atoms with Gasteiger partial charge in [0, 0.05) is 5.56 Å². The third-order valence-electron chi connectivity index (χ3n) is 2.98. The van der Waals surface area contributed by atoms with E-state index in [2.05, 4.69) is 24.8 Å². The summed E-state index contributed by atoms with van der Waals surface area (Å²) in [6.45, 7) is 5.35. The molecule has 0 amide bonds. The number of benzene rings is 1. The van der Waals surface area contributed by atoms with E-state index < -0.39 is 0 Å². The normalized spacial score (nSPS) is 14.2. The Labute approximate surface area is 102 Å². The molecule has 0 N–H and O–H groups in total. The second kappa shape index (κ2) is 4.96. The van der Waals surface area contributed by atoms with Crippen molar-refractivity contribution in [3.63, 3.8) is 0 Å². The van der Waals surface area contributed by atoms with Crippen LogP contribution in [0.1, 0.15) is 35.7 Å². The molecule has 0 aromatic heterocycles. The molecule has 0 aliphatic heterocycles. The van der Waals surface area contributed by atoms with Gasteiger partial charge in [0.25, 0.3) is 0 Å². The lowest BCUT2D eigenvalue weighted by Gasteiger charge is -2.05. The van der Waals surface area contributed by atoms with Gasteiger partial charge in [-0.05, 0) is 37.0 Å². The Balaban J connectivity index is 2.18. The van der Waals surface area contributed by atoms with Crippen LogP contribution in [0.2, 0.25) is 0 Å². The van der Waals surface area contributed by atoms with Crippen LogP contribution < -0.4 is 0 Å². The Morgan fingerprint density at radius 2 is 2.24 bits per heavy atom. The molecule has 0 bridgehead atoms. The molecule has 17 heavy (non-hydrogen) atoms. The highest BCUT2D eigenvalue weighted by Crippen LogP contribution is 2.30. The van der Waals surface area contributed by atoms with Gasteiger partial charge >= 0.3 is 0 Å². The molecule has 0 unspecified atom stereocenters. The number of rotatable bonds is 4. The van der Waals surface area contributed by atoms with Gasteiger partial charge in [0.2, 0.25) is 0 Å². The summed E-state index contributed by atoms with van der Waals surface area (Å²) in [6.07, 6.45) is 8.11. The molecule has 0 radical (unpaired) electrons. The maximum absolute atomic E-state index is 11.3. The first-order chi connectivity index (χ1) is 8.20. The second-order valence-electron chi connectivity index (χ2n) is 4.32. The Morgan fingerprint density at radius 1 is 1.41 bits per heavy atom. The second-order valence-corrected chi connectivity index (χ2v) is 4.32. The predicted octanol–water partition coefficient (Wildman–Crippen LogP) is 4.18. The van der Waals surface area contributed by atoms with Crippen molar-refractivity contribution >= 4 is 11.4 Å². The highest BCUT2D eigenvalue weighted by molar-refractivity contribution is 5.95. The first kappa shape index (κ1) is 11.6. The molecule has 1 aromatic carbocycles. The first-order valence-electron chi connectivity index (χ1n) is 5.81. The van der Waals surface area contributed by atoms with E-state index in [0.29, 0.717) is 0 Å². The van der Waals surface area contributed by atoms with Crippen LogP contribution in [-0.4, -0.2) is 5.78 Å². The zero-order valence-electron chi connectivity index (χ0n) is 10.1. The molecule has 0 saturated carbocycles. The number of carbonyl (C=O) groups excluding carboxylic acids is 1. The number of hydrogen-bond acceptors (Lipinski definition) is 1. The highest BCUT2D eigenvalue weighted by Gasteiger charge is 2.10. The summed E-state index contributed by atoms with van der Waals surface area (Å²) in [6, 6.07) is 7.83. The Morgan fingerprint density at radius 3 is 2.94 bits per heavy atom. The number of Topliss-reactive ketones (excluding diaryl/α,β-unsaturated/α-hetero) is 1. The van der Waals surface area contributed by atoms with Gasteiger partial charge in [-0.1, -0.05) is 42.0 Å². The lowest BCUT2D eigenvalue weighted by molar-refractivity contribution is 0.101. The Hall–Kier alpha value is -1.89. The van der Waals surface area contributed by atoms with E-state index in [1.165, 1.54) is 11.1 Å². The molecular weight excluding hydrogens is 208 g/mol. The van der Waals surface area contributed by atoms with Crippen LogP contribution in [0.15, 0.2) is 54.6 Å². The van der Waals surface area contributed by atoms with Crippen LogP contribution in [0, 0.1) is 0 Å². The molecule has 1 nitrogen and oxygen atoms in total. The lowest BCUT2D eigenvalue weighted by atomic mass is 9.99. The monoisotopic (exact) mass is 224 g/mol. The molecule has 0 saturated heterocycles. The topological polar surface area (TPSA) is 17.1 Å². The number of ketones is 1. The minimum atomic E-state index is 0.115. The minimum Gasteiger partial charge on any atom is -0.295 e. The smallest absolute Gasteiger partial charge is 0.159 e. The van der Waals surface area contributed by atoms with Gasteiger partial charge in [-0.25, -0.2) is 0 Å². The maximum Gasteiger partial charge on any atom is 0.159 e. The first-order valence-corrected chi connectivity index (χ1v) is 5.81. The van der Waals surface area contributed by atoms with Crippen LogP contribution in [0.4, 0.5) is 0 Å². The molecular formula is C16H16O. The van der Waals surface area contributed by atoms with Gasteiger partial charge in [-0.3, -0.25) is 4.79 Å². The molecule has 1 heteroatoms. The zero-order valence-corrected chi connectivity index (χ0v) is 10.1. The van der Waals surface area contributed by atoms with Crippen molar-refractivity contribution in [2.24, 2.45) is 0 Å². The summed E-state index contributed by atoms with van der Waals surface area (Å²) < 4.78 is 0. The van der Waals surface area contributed by atoms with Gasteiger partial charge in [-0.2, -0.15) is 0 Å². The van der Waals surface area contributed by atoms with Crippen LogP contribution in [-0.2, 0) is 0 Å². The van der Waals surface area contributed by atoms with E-state index in [4.69, 9.17) is 0 Å². The van der Waals surface area contributed by atoms with Crippen molar-refractivity contribution in [3.8, 4) is 0 Å². The van der Waals surface area contributed by atoms with Crippen molar-refractivity contribution in [1.82, 2.24) is 0 Å². The van der Waals surface area contributed by atoms with E-state index >= 15 is 0 Å². The average molecular weight is 224 g/mol. The largest absolute Gasteiger partial charge is 0.295 e. The van der Waals surface area contributed by atoms with Crippen molar-refractivity contribution in [3.05, 3.63) is 65.8 Å². The molecule has 2 rings (SSSR count). The summed E-state index contributed by atoms with van der Waals surface area (Å²) in [5, 5.41) is 0. The predicted molar refractivity (Wildman–Crippen MR) is 71.9 cm³/mol. The van der Waals surface area contributed by atoms with Crippen LogP contribution in [0.5, 0.6) is 0 Å². The molecule has 1 aliphatic carbocycles. The molecule has 0 spiro atoms. The van der Waals surface area contributed by atoms with E-state index in [9.17, 15) is 4.79 Å². The molecule has 0 heterocycles. The van der Waals surface area contributed by atoms with Gasteiger partial charge in [-0.15, -0.1) is 6.58 Å². The quantitative estimate of drug-likeness (QED) is 0.554. The Kier molecular flexibility index (Phi) is 3.38. The zero-order chi connectivity index (χ0) is 12.3. The average Bonchev–Trinajstić information content (AvgIpc) is 2.78. The van der Waals surface area contributed by atoms with E-state index in [-0.39, 0.29) is 5.78 Å². The molecule has 0 fully saturated rings. The van der Waals surface area contributed by atoms with E-state index in [1.54, 1.807) is 6.92 Å². The number of carbonyl (C=O) groups is 1. The number of allylic oxidation sites excluding steroid dienone is 5. The van der Waals surface area contributed by atoms with E-state index in [0.717, 1.165) is 24.0 Å². The van der Waals surface area contributed by atoms with Crippen molar-refractivity contribution in [1.29, 1.82) is 0 Å². The molecule has 1 aromatic rings. The van der Waals surface area contributed by atoms with Crippen LogP contribution in [0.25, 0.3) is 5.57 Å². The molecule has 0 atom stereocenters. The minimum absolute atomic E-state index is 0.115.